The first kappa shape index (κ1) is 15.5. The normalized spacial score (nSPS) is 19.2. The molecule has 0 radical (unpaired) electrons. The molecule has 0 saturated carbocycles. The summed E-state index contributed by atoms with van der Waals surface area (Å²) in [5.41, 5.74) is 3.59. The fourth-order valence-electron chi connectivity index (χ4n) is 3.87. The Morgan fingerprint density at radius 2 is 1.58 bits per heavy atom. The summed E-state index contributed by atoms with van der Waals surface area (Å²) in [6.07, 6.45) is 4.32. The highest BCUT2D eigenvalue weighted by molar-refractivity contribution is 6.02. The van der Waals surface area contributed by atoms with Crippen LogP contribution in [0.15, 0.2) is 66.7 Å². The molecule has 2 aliphatic rings. The number of hydrogen-bond acceptors (Lipinski definition) is 3. The second kappa shape index (κ2) is 6.50. The van der Waals surface area contributed by atoms with Gasteiger partial charge in [-0.25, -0.2) is 0 Å². The molecule has 0 spiro atoms. The van der Waals surface area contributed by atoms with Gasteiger partial charge in [0.15, 0.2) is 0 Å². The summed E-state index contributed by atoms with van der Waals surface area (Å²) in [7, 11) is 0. The number of anilines is 1. The number of benzene rings is 3. The molecule has 0 aliphatic carbocycles. The first-order valence-corrected chi connectivity index (χ1v) is 9.18. The van der Waals surface area contributed by atoms with Crippen LogP contribution in [0.25, 0.3) is 16.8 Å². The highest BCUT2D eigenvalue weighted by atomic mass is 16.5. The Hall–Kier alpha value is -2.78. The van der Waals surface area contributed by atoms with Gasteiger partial charge < -0.3 is 14.4 Å². The molecule has 0 aromatic heterocycles. The van der Waals surface area contributed by atoms with Crippen LogP contribution in [0.3, 0.4) is 0 Å². The number of hydrogen-bond donors (Lipinski definition) is 0. The van der Waals surface area contributed by atoms with Gasteiger partial charge in [-0.15, -0.1) is 0 Å². The lowest BCUT2D eigenvalue weighted by molar-refractivity contribution is 0.123. The number of ether oxygens (including phenoxy) is 2. The van der Waals surface area contributed by atoms with E-state index in [-0.39, 0.29) is 6.10 Å². The van der Waals surface area contributed by atoms with Crippen LogP contribution in [0.1, 0.15) is 17.2 Å². The molecule has 3 nitrogen and oxygen atoms in total. The van der Waals surface area contributed by atoms with Crippen LogP contribution >= 0.6 is 0 Å². The van der Waals surface area contributed by atoms with Crippen molar-refractivity contribution in [1.29, 1.82) is 0 Å². The lowest BCUT2D eigenvalue weighted by Crippen LogP contribution is -2.36. The van der Waals surface area contributed by atoms with Crippen molar-refractivity contribution in [2.24, 2.45) is 0 Å². The van der Waals surface area contributed by atoms with Crippen molar-refractivity contribution in [1.82, 2.24) is 0 Å². The third kappa shape index (κ3) is 2.65. The Bertz CT molecular complexity index is 959. The number of fused-ring (bicyclic) bond motifs is 3. The van der Waals surface area contributed by atoms with Gasteiger partial charge in [0.2, 0.25) is 0 Å². The zero-order valence-electron chi connectivity index (χ0n) is 14.6. The molecule has 0 N–H and O–H groups in total. The van der Waals surface area contributed by atoms with Crippen LogP contribution in [-0.4, -0.2) is 26.3 Å². The molecule has 1 saturated heterocycles. The highest BCUT2D eigenvalue weighted by Crippen LogP contribution is 2.42. The van der Waals surface area contributed by atoms with E-state index in [1.807, 2.05) is 6.07 Å². The lowest BCUT2D eigenvalue weighted by atomic mass is 9.97. The molecule has 3 heteroatoms. The van der Waals surface area contributed by atoms with Gasteiger partial charge in [-0.3, -0.25) is 0 Å². The van der Waals surface area contributed by atoms with Crippen LogP contribution < -0.4 is 9.64 Å². The second-order valence-corrected chi connectivity index (χ2v) is 6.76. The van der Waals surface area contributed by atoms with E-state index < -0.39 is 0 Å². The van der Waals surface area contributed by atoms with Crippen molar-refractivity contribution in [3.63, 3.8) is 0 Å². The van der Waals surface area contributed by atoms with Crippen LogP contribution in [0.2, 0.25) is 0 Å². The van der Waals surface area contributed by atoms with Crippen molar-refractivity contribution in [2.45, 2.75) is 6.10 Å². The molecular formula is C23H21NO2. The Morgan fingerprint density at radius 1 is 0.846 bits per heavy atom. The zero-order valence-corrected chi connectivity index (χ0v) is 14.6. The average Bonchev–Trinajstić information content (AvgIpc) is 2.74. The summed E-state index contributed by atoms with van der Waals surface area (Å²) in [6, 6.07) is 21.2. The van der Waals surface area contributed by atoms with E-state index in [0.29, 0.717) is 0 Å². The first-order chi connectivity index (χ1) is 12.9. The van der Waals surface area contributed by atoms with Crippen LogP contribution in [0, 0.1) is 0 Å². The Morgan fingerprint density at radius 3 is 2.38 bits per heavy atom. The topological polar surface area (TPSA) is 21.7 Å². The van der Waals surface area contributed by atoms with Gasteiger partial charge in [-0.1, -0.05) is 60.7 Å². The predicted molar refractivity (Wildman–Crippen MR) is 106 cm³/mol. The largest absolute Gasteiger partial charge is 0.481 e. The maximum Gasteiger partial charge on any atom is 0.142 e. The minimum absolute atomic E-state index is 0.0394. The molecule has 3 aromatic rings. The Balaban J connectivity index is 1.62. The highest BCUT2D eigenvalue weighted by Gasteiger charge is 2.22. The third-order valence-corrected chi connectivity index (χ3v) is 5.20. The zero-order chi connectivity index (χ0) is 17.3. The van der Waals surface area contributed by atoms with E-state index in [4.69, 9.17) is 9.47 Å². The third-order valence-electron chi connectivity index (χ3n) is 5.20. The molecule has 1 unspecified atom stereocenters. The second-order valence-electron chi connectivity index (χ2n) is 6.76. The number of nitrogens with zero attached hydrogens (tertiary/aromatic N) is 1. The van der Waals surface area contributed by atoms with E-state index in [9.17, 15) is 0 Å². The molecule has 0 bridgehead atoms. The summed E-state index contributed by atoms with van der Waals surface area (Å²) < 4.78 is 11.9. The van der Waals surface area contributed by atoms with E-state index in [1.165, 1.54) is 27.6 Å². The molecule has 26 heavy (non-hydrogen) atoms. The molecule has 2 heterocycles. The van der Waals surface area contributed by atoms with Crippen LogP contribution in [0.4, 0.5) is 5.69 Å². The average molecular weight is 343 g/mol. The van der Waals surface area contributed by atoms with Crippen LogP contribution in [-0.2, 0) is 4.74 Å². The summed E-state index contributed by atoms with van der Waals surface area (Å²) >= 11 is 0. The SMILES string of the molecule is C1=CC(c2ccccc2)Oc2cc(N3CCOCC3)c3ccccc3c21. The molecular weight excluding hydrogens is 322 g/mol. The molecule has 0 amide bonds. The van der Waals surface area contributed by atoms with Crippen molar-refractivity contribution >= 4 is 22.5 Å². The summed E-state index contributed by atoms with van der Waals surface area (Å²) in [5.74, 6) is 0.960. The molecule has 2 aliphatic heterocycles. The Kier molecular flexibility index (Phi) is 3.87. The molecule has 1 fully saturated rings. The van der Waals surface area contributed by atoms with E-state index in [1.54, 1.807) is 0 Å². The van der Waals surface area contributed by atoms with Gasteiger partial charge in [-0.05, 0) is 17.0 Å². The van der Waals surface area contributed by atoms with E-state index in [0.717, 1.165) is 32.1 Å². The quantitative estimate of drug-likeness (QED) is 0.666. The fourth-order valence-corrected chi connectivity index (χ4v) is 3.87. The van der Waals surface area contributed by atoms with Gasteiger partial charge in [0.05, 0.1) is 13.2 Å². The minimum atomic E-state index is -0.0394. The standard InChI is InChI=1S/C23H21NO2/c1-2-6-17(7-3-1)22-11-10-20-18-8-4-5-9-19(18)21(16-23(20)26-22)24-12-14-25-15-13-24/h1-11,16,22H,12-15H2. The van der Waals surface area contributed by atoms with Crippen LogP contribution in [0.5, 0.6) is 5.75 Å². The number of morpholine rings is 1. The number of rotatable bonds is 2. The fraction of sp³-hybridized carbons (Fsp3) is 0.217. The summed E-state index contributed by atoms with van der Waals surface area (Å²) in [4.78, 5) is 2.41. The van der Waals surface area contributed by atoms with E-state index in [2.05, 4.69) is 71.6 Å². The van der Waals surface area contributed by atoms with Gasteiger partial charge in [0.1, 0.15) is 11.9 Å². The maximum absolute atomic E-state index is 6.41. The van der Waals surface area contributed by atoms with Crippen molar-refractivity contribution in [3.05, 3.63) is 77.9 Å². The predicted octanol–water partition coefficient (Wildman–Crippen LogP) is 4.82. The first-order valence-electron chi connectivity index (χ1n) is 9.18. The molecule has 5 rings (SSSR count). The smallest absolute Gasteiger partial charge is 0.142 e. The van der Waals surface area contributed by atoms with Crippen molar-refractivity contribution in [2.75, 3.05) is 31.2 Å². The van der Waals surface area contributed by atoms with Crippen molar-refractivity contribution in [3.8, 4) is 5.75 Å². The molecule has 1 atom stereocenters. The van der Waals surface area contributed by atoms with Gasteiger partial charge in [0.25, 0.3) is 0 Å². The Labute approximate surface area is 153 Å². The minimum Gasteiger partial charge on any atom is -0.481 e. The molecule has 3 aromatic carbocycles. The van der Waals surface area contributed by atoms with Gasteiger partial charge >= 0.3 is 0 Å². The summed E-state index contributed by atoms with van der Waals surface area (Å²) in [6.45, 7) is 3.39. The lowest BCUT2D eigenvalue weighted by Gasteiger charge is -2.32. The van der Waals surface area contributed by atoms with Gasteiger partial charge in [-0.2, -0.15) is 0 Å². The molecule has 130 valence electrons. The van der Waals surface area contributed by atoms with Gasteiger partial charge in [0, 0.05) is 35.8 Å². The summed E-state index contributed by atoms with van der Waals surface area (Å²) in [5, 5.41) is 2.52. The maximum atomic E-state index is 6.41. The van der Waals surface area contributed by atoms with E-state index >= 15 is 0 Å². The van der Waals surface area contributed by atoms with Crippen molar-refractivity contribution < 1.29 is 9.47 Å². The monoisotopic (exact) mass is 343 g/mol.